The van der Waals surface area contributed by atoms with Crippen LogP contribution in [0.2, 0.25) is 0 Å². The lowest BCUT2D eigenvalue weighted by molar-refractivity contribution is 0.590. The maximum atomic E-state index is 2.61. The highest BCUT2D eigenvalue weighted by Crippen LogP contribution is 2.54. The van der Waals surface area contributed by atoms with Gasteiger partial charge in [-0.05, 0) is 151 Å². The zero-order valence-electron chi connectivity index (χ0n) is 43.7. The lowest BCUT2D eigenvalue weighted by Crippen LogP contribution is -2.60. The third-order valence-corrected chi connectivity index (χ3v) is 18.1. The maximum Gasteiger partial charge on any atom is 0.264 e. The molecule has 3 aliphatic rings. The summed E-state index contributed by atoms with van der Waals surface area (Å²) in [6.45, 7) is 13.8. The fraction of sp³-hybridized carbons (Fsp3) is 0.114. The van der Waals surface area contributed by atoms with Gasteiger partial charge in [0.1, 0.15) is 0 Å². The Balaban J connectivity index is 1.06. The summed E-state index contributed by atoms with van der Waals surface area (Å²) in [5.41, 5.74) is 23.1. The van der Waals surface area contributed by atoms with Crippen molar-refractivity contribution in [1.82, 2.24) is 0 Å². The van der Waals surface area contributed by atoms with Crippen LogP contribution >= 0.6 is 23.1 Å². The summed E-state index contributed by atoms with van der Waals surface area (Å²) in [4.78, 5) is 10.1. The summed E-state index contributed by atoms with van der Waals surface area (Å²) in [6, 6.07) is 86.9. The van der Waals surface area contributed by atoms with E-state index in [1.807, 2.05) is 23.1 Å². The number of nitrogens with zero attached hydrogens (tertiary/aromatic N) is 3. The van der Waals surface area contributed by atoms with Crippen LogP contribution < -0.4 is 30.4 Å². The third kappa shape index (κ3) is 7.72. The number of fused-ring (bicyclic) bond motifs is 10. The molecule has 0 atom stereocenters. The summed E-state index contributed by atoms with van der Waals surface area (Å²) in [5, 5.41) is 1.28. The molecule has 2 bridgehead atoms. The predicted molar refractivity (Wildman–Crippen MR) is 328 cm³/mol. The summed E-state index contributed by atoms with van der Waals surface area (Å²) in [6.07, 6.45) is 0. The number of rotatable bonds is 5. The molecule has 4 heterocycles. The fourth-order valence-corrected chi connectivity index (χ4v) is 14.1. The topological polar surface area (TPSA) is 9.72 Å². The van der Waals surface area contributed by atoms with Crippen LogP contribution in [0.3, 0.4) is 0 Å². The molecule has 3 aliphatic heterocycles. The minimum Gasteiger partial charge on any atom is -0.310 e. The van der Waals surface area contributed by atoms with Crippen LogP contribution in [0, 0.1) is 0 Å². The second-order valence-corrected chi connectivity index (χ2v) is 24.7. The van der Waals surface area contributed by atoms with Crippen molar-refractivity contribution in [1.29, 1.82) is 0 Å². The van der Waals surface area contributed by atoms with Crippen molar-refractivity contribution >= 4 is 107 Å². The third-order valence-electron chi connectivity index (χ3n) is 15.8. The van der Waals surface area contributed by atoms with Crippen LogP contribution in [0.15, 0.2) is 240 Å². The first kappa shape index (κ1) is 46.5. The second-order valence-electron chi connectivity index (χ2n) is 22.6. The van der Waals surface area contributed by atoms with Gasteiger partial charge in [0.2, 0.25) is 0 Å². The summed E-state index contributed by atoms with van der Waals surface area (Å²) in [5.74, 6) is 0. The lowest BCUT2D eigenvalue weighted by atomic mass is 9.36. The Morgan fingerprint density at radius 1 is 0.355 bits per heavy atom. The van der Waals surface area contributed by atoms with Crippen molar-refractivity contribution in [3.63, 3.8) is 0 Å². The lowest BCUT2D eigenvalue weighted by Gasteiger charge is -2.44. The summed E-state index contributed by atoms with van der Waals surface area (Å²) in [7, 11) is 0. The van der Waals surface area contributed by atoms with Gasteiger partial charge >= 0.3 is 0 Å². The number of benzene rings is 10. The van der Waals surface area contributed by atoms with E-state index in [2.05, 4.69) is 287 Å². The molecule has 6 heteroatoms. The Kier molecular flexibility index (Phi) is 10.9. The molecule has 1 aromatic heterocycles. The zero-order chi connectivity index (χ0) is 51.5. The molecule has 11 aromatic rings. The van der Waals surface area contributed by atoms with E-state index in [0.29, 0.717) is 0 Å². The van der Waals surface area contributed by atoms with Crippen molar-refractivity contribution in [2.24, 2.45) is 0 Å². The van der Waals surface area contributed by atoms with Crippen molar-refractivity contribution in [3.8, 4) is 33.4 Å². The molecule has 3 nitrogen and oxygen atoms in total. The number of hydrogen-bond donors (Lipinski definition) is 0. The standard InChI is InChI=1S/C70H56BN3S2/c1-69(2,3)51-28-32-53(33-29-51)72-55-36-37-57-60(44-55)74(62-43-50(47-21-14-9-15-22-47)27-40-65(62)75-64-39-26-49(42-61(64)72)46-19-12-8-13-20-46)59-24-16-23-58-66(59)71(57)68-67(73(58)54-34-30-52(31-35-54)70(4,5)6)56-41-48(25-38-63(56)76-68)45-17-10-7-11-18-45/h7-44H,1-6H3. The first-order valence-electron chi connectivity index (χ1n) is 26.5. The molecule has 0 amide bonds. The van der Waals surface area contributed by atoms with Gasteiger partial charge in [-0.1, -0.05) is 199 Å². The highest BCUT2D eigenvalue weighted by molar-refractivity contribution is 7.99. The first-order valence-corrected chi connectivity index (χ1v) is 28.1. The quantitative estimate of drug-likeness (QED) is 0.159. The van der Waals surface area contributed by atoms with Gasteiger partial charge in [0, 0.05) is 58.8 Å². The number of hydrogen-bond acceptors (Lipinski definition) is 5. The van der Waals surface area contributed by atoms with E-state index in [-0.39, 0.29) is 17.5 Å². The Hall–Kier alpha value is -8.03. The monoisotopic (exact) mass is 1010 g/mol. The molecule has 10 aromatic carbocycles. The van der Waals surface area contributed by atoms with Crippen LogP contribution in [0.5, 0.6) is 0 Å². The molecule has 0 fully saturated rings. The fourth-order valence-electron chi connectivity index (χ4n) is 11.8. The average Bonchev–Trinajstić information content (AvgIpc) is 4.00. The number of thiophene rings is 1. The van der Waals surface area contributed by atoms with Gasteiger partial charge in [0.15, 0.2) is 0 Å². The van der Waals surface area contributed by atoms with Crippen LogP contribution in [-0.4, -0.2) is 6.71 Å². The Morgan fingerprint density at radius 3 is 1.37 bits per heavy atom. The predicted octanol–water partition coefficient (Wildman–Crippen LogP) is 18.5. The van der Waals surface area contributed by atoms with E-state index in [0.717, 1.165) is 28.4 Å². The zero-order valence-corrected chi connectivity index (χ0v) is 45.3. The summed E-state index contributed by atoms with van der Waals surface area (Å²) >= 11 is 3.81. The second kappa shape index (κ2) is 17.8. The molecule has 0 N–H and O–H groups in total. The Bertz CT molecular complexity index is 4040. The normalized spacial score (nSPS) is 13.5. The SMILES string of the molecule is CC(C)(C)c1ccc(N2c3ccc4c(c3)N(c3cc(-c5ccccc5)ccc3Sc3ccc(-c5ccccc5)cc32)c2cccc3c2B4c2sc4ccc(-c5ccccc5)cc4c2N3c2ccc(C(C)(C)C)cc2)cc1. The first-order chi connectivity index (χ1) is 36.9. The number of anilines is 9. The van der Waals surface area contributed by atoms with Crippen LogP contribution in [0.25, 0.3) is 43.5 Å². The molecule has 0 saturated carbocycles. The van der Waals surface area contributed by atoms with E-state index in [1.165, 1.54) is 103 Å². The molecule has 76 heavy (non-hydrogen) atoms. The van der Waals surface area contributed by atoms with Crippen molar-refractivity contribution < 1.29 is 0 Å². The van der Waals surface area contributed by atoms with Crippen molar-refractivity contribution in [3.05, 3.63) is 242 Å². The molecule has 14 rings (SSSR count). The molecule has 0 radical (unpaired) electrons. The maximum absolute atomic E-state index is 2.61. The largest absolute Gasteiger partial charge is 0.310 e. The average molecular weight is 1010 g/mol. The van der Waals surface area contributed by atoms with Gasteiger partial charge in [0.25, 0.3) is 6.71 Å². The van der Waals surface area contributed by atoms with Gasteiger partial charge in [-0.3, -0.25) is 0 Å². The Labute approximate surface area is 455 Å². The van der Waals surface area contributed by atoms with E-state index >= 15 is 0 Å². The highest BCUT2D eigenvalue weighted by atomic mass is 32.2. The molecule has 0 aliphatic carbocycles. The molecular weight excluding hydrogens is 958 g/mol. The Morgan fingerprint density at radius 2 is 0.829 bits per heavy atom. The molecule has 0 spiro atoms. The van der Waals surface area contributed by atoms with E-state index in [4.69, 9.17) is 0 Å². The van der Waals surface area contributed by atoms with Crippen molar-refractivity contribution in [2.75, 3.05) is 14.7 Å². The van der Waals surface area contributed by atoms with Crippen LogP contribution in [-0.2, 0) is 10.8 Å². The smallest absolute Gasteiger partial charge is 0.264 e. The molecule has 366 valence electrons. The molecule has 0 unspecified atom stereocenters. The van der Waals surface area contributed by atoms with E-state index < -0.39 is 0 Å². The summed E-state index contributed by atoms with van der Waals surface area (Å²) < 4.78 is 2.65. The van der Waals surface area contributed by atoms with E-state index in [9.17, 15) is 0 Å². The van der Waals surface area contributed by atoms with Gasteiger partial charge in [0.05, 0.1) is 17.1 Å². The van der Waals surface area contributed by atoms with Gasteiger partial charge in [-0.2, -0.15) is 0 Å². The van der Waals surface area contributed by atoms with Crippen molar-refractivity contribution in [2.45, 2.75) is 62.2 Å². The van der Waals surface area contributed by atoms with Gasteiger partial charge < -0.3 is 14.7 Å². The minimum atomic E-state index is -0.0305. The minimum absolute atomic E-state index is 0.0132. The van der Waals surface area contributed by atoms with Crippen LogP contribution in [0.1, 0.15) is 52.7 Å². The highest BCUT2D eigenvalue weighted by Gasteiger charge is 2.46. The molecular formula is C70H56BN3S2. The molecule has 0 saturated heterocycles. The van der Waals surface area contributed by atoms with Gasteiger partial charge in [-0.25, -0.2) is 0 Å². The van der Waals surface area contributed by atoms with Gasteiger partial charge in [-0.15, -0.1) is 11.3 Å². The van der Waals surface area contributed by atoms with Crippen LogP contribution in [0.4, 0.5) is 51.2 Å². The van der Waals surface area contributed by atoms with E-state index in [1.54, 1.807) is 0 Å².